The molecule has 0 spiro atoms. The van der Waals surface area contributed by atoms with Gasteiger partial charge in [-0.1, -0.05) is 13.8 Å². The van der Waals surface area contributed by atoms with Gasteiger partial charge in [0.1, 0.15) is 17.1 Å². The molecule has 0 saturated carbocycles. The van der Waals surface area contributed by atoms with E-state index < -0.39 is 0 Å². The van der Waals surface area contributed by atoms with E-state index in [1.54, 1.807) is 13.3 Å². The summed E-state index contributed by atoms with van der Waals surface area (Å²) >= 11 is 0. The Balaban J connectivity index is 2.24. The minimum Gasteiger partial charge on any atom is -0.494 e. The second-order valence-corrected chi connectivity index (χ2v) is 6.50. The van der Waals surface area contributed by atoms with Crippen LogP contribution in [0.15, 0.2) is 30.5 Å². The lowest BCUT2D eigenvalue weighted by Crippen LogP contribution is -2.07. The molecular weight excluding hydrogens is 328 g/mol. The Morgan fingerprint density at radius 3 is 2.58 bits per heavy atom. The van der Waals surface area contributed by atoms with E-state index in [9.17, 15) is 4.79 Å². The Bertz CT molecular complexity index is 983. The van der Waals surface area contributed by atoms with Gasteiger partial charge in [-0.25, -0.2) is 15.0 Å². The lowest BCUT2D eigenvalue weighted by molar-refractivity contribution is -0.114. The molecule has 0 unspecified atom stereocenters. The first-order chi connectivity index (χ1) is 12.4. The minimum atomic E-state index is -0.127. The number of carbonyl (C=O) groups excluding carboxylic acids is 1. The van der Waals surface area contributed by atoms with Gasteiger partial charge in [0.05, 0.1) is 24.2 Å². The highest BCUT2D eigenvalue weighted by molar-refractivity contribution is 6.04. The largest absolute Gasteiger partial charge is 0.494 e. The summed E-state index contributed by atoms with van der Waals surface area (Å²) in [6.07, 6.45) is 1.75. The second-order valence-electron chi connectivity index (χ2n) is 6.50. The van der Waals surface area contributed by atoms with E-state index >= 15 is 0 Å². The number of nitrogens with zero attached hydrogens (tertiary/aromatic N) is 3. The monoisotopic (exact) mass is 350 g/mol. The van der Waals surface area contributed by atoms with Crippen LogP contribution in [0, 0.1) is 6.92 Å². The van der Waals surface area contributed by atoms with Crippen molar-refractivity contribution in [2.45, 2.75) is 33.6 Å². The molecule has 6 heteroatoms. The third-order valence-corrected chi connectivity index (χ3v) is 4.10. The van der Waals surface area contributed by atoms with Crippen molar-refractivity contribution in [1.82, 2.24) is 15.0 Å². The number of pyridine rings is 1. The number of rotatable bonds is 4. The maximum atomic E-state index is 11.5. The highest BCUT2D eigenvalue weighted by Gasteiger charge is 2.15. The molecule has 1 amide bonds. The SMILES string of the molecule is COc1ccc(NC(C)=O)c2c(C)cc(-c3ccnc(C(C)C)n3)nc12. The number of ether oxygens (including phenoxy) is 1. The fourth-order valence-corrected chi connectivity index (χ4v) is 2.90. The van der Waals surface area contributed by atoms with Gasteiger partial charge in [-0.05, 0) is 36.8 Å². The van der Waals surface area contributed by atoms with E-state index in [1.165, 1.54) is 6.92 Å². The summed E-state index contributed by atoms with van der Waals surface area (Å²) in [6.45, 7) is 7.59. The average Bonchev–Trinajstić information content (AvgIpc) is 2.61. The van der Waals surface area contributed by atoms with Crippen molar-refractivity contribution in [2.24, 2.45) is 0 Å². The topological polar surface area (TPSA) is 77.0 Å². The third kappa shape index (κ3) is 3.35. The second kappa shape index (κ2) is 7.07. The number of anilines is 1. The van der Waals surface area contributed by atoms with Crippen LogP contribution in [0.2, 0.25) is 0 Å². The molecule has 2 heterocycles. The molecule has 0 aliphatic heterocycles. The van der Waals surface area contributed by atoms with Crippen LogP contribution in [0.1, 0.15) is 38.1 Å². The van der Waals surface area contributed by atoms with Gasteiger partial charge in [0.2, 0.25) is 5.91 Å². The van der Waals surface area contributed by atoms with Gasteiger partial charge in [0.15, 0.2) is 0 Å². The van der Waals surface area contributed by atoms with Gasteiger partial charge in [0.25, 0.3) is 0 Å². The van der Waals surface area contributed by atoms with E-state index in [1.807, 2.05) is 31.2 Å². The maximum absolute atomic E-state index is 11.5. The summed E-state index contributed by atoms with van der Waals surface area (Å²) < 4.78 is 5.49. The van der Waals surface area contributed by atoms with Crippen molar-refractivity contribution in [3.8, 4) is 17.1 Å². The van der Waals surface area contributed by atoms with Crippen LogP contribution < -0.4 is 10.1 Å². The predicted molar refractivity (Wildman–Crippen MR) is 102 cm³/mol. The van der Waals surface area contributed by atoms with Gasteiger partial charge >= 0.3 is 0 Å². The van der Waals surface area contributed by atoms with Crippen molar-refractivity contribution in [3.05, 3.63) is 41.9 Å². The molecular formula is C20H22N4O2. The lowest BCUT2D eigenvalue weighted by Gasteiger charge is -2.14. The van der Waals surface area contributed by atoms with E-state index in [4.69, 9.17) is 9.72 Å². The van der Waals surface area contributed by atoms with Crippen LogP contribution in [0.25, 0.3) is 22.3 Å². The molecule has 0 radical (unpaired) electrons. The molecule has 0 aliphatic carbocycles. The first kappa shape index (κ1) is 17.8. The fourth-order valence-electron chi connectivity index (χ4n) is 2.90. The summed E-state index contributed by atoms with van der Waals surface area (Å²) in [5, 5.41) is 3.73. The summed E-state index contributed by atoms with van der Waals surface area (Å²) in [4.78, 5) is 25.3. The zero-order valence-corrected chi connectivity index (χ0v) is 15.6. The van der Waals surface area contributed by atoms with E-state index in [0.29, 0.717) is 11.3 Å². The first-order valence-electron chi connectivity index (χ1n) is 8.50. The van der Waals surface area contributed by atoms with Crippen molar-refractivity contribution in [1.29, 1.82) is 0 Å². The molecule has 134 valence electrons. The molecule has 1 N–H and O–H groups in total. The van der Waals surface area contributed by atoms with Crippen molar-refractivity contribution >= 4 is 22.5 Å². The Morgan fingerprint density at radius 2 is 1.92 bits per heavy atom. The van der Waals surface area contributed by atoms with Gasteiger partial charge in [-0.2, -0.15) is 0 Å². The summed E-state index contributed by atoms with van der Waals surface area (Å²) in [5.41, 5.74) is 3.91. The number of hydrogen-bond acceptors (Lipinski definition) is 5. The molecule has 0 aliphatic rings. The van der Waals surface area contributed by atoms with E-state index in [-0.39, 0.29) is 11.8 Å². The van der Waals surface area contributed by atoms with E-state index in [2.05, 4.69) is 29.1 Å². The molecule has 6 nitrogen and oxygen atoms in total. The number of nitrogens with one attached hydrogen (secondary N) is 1. The Kier molecular flexibility index (Phi) is 4.84. The zero-order chi connectivity index (χ0) is 18.8. The number of aromatic nitrogens is 3. The van der Waals surface area contributed by atoms with Gasteiger partial charge in [-0.3, -0.25) is 4.79 Å². The normalized spacial score (nSPS) is 11.0. The van der Waals surface area contributed by atoms with Gasteiger partial charge in [0, 0.05) is 24.4 Å². The molecule has 1 aromatic carbocycles. The predicted octanol–water partition coefficient (Wildman–Crippen LogP) is 4.09. The molecule has 0 fully saturated rings. The van der Waals surface area contributed by atoms with Crippen LogP contribution in [0.3, 0.4) is 0 Å². The van der Waals surface area contributed by atoms with Crippen LogP contribution in [0.4, 0.5) is 5.69 Å². The smallest absolute Gasteiger partial charge is 0.221 e. The standard InChI is InChI=1S/C20H22N4O2/c1-11(2)20-21-9-8-14(24-20)16-10-12(3)18-15(22-13(4)25)6-7-17(26-5)19(18)23-16/h6-11H,1-5H3,(H,22,25). The molecule has 3 aromatic rings. The van der Waals surface area contributed by atoms with Crippen molar-refractivity contribution in [3.63, 3.8) is 0 Å². The number of methoxy groups -OCH3 is 1. The van der Waals surface area contributed by atoms with Crippen LogP contribution >= 0.6 is 0 Å². The number of benzene rings is 1. The Morgan fingerprint density at radius 1 is 1.15 bits per heavy atom. The summed E-state index contributed by atoms with van der Waals surface area (Å²) in [6, 6.07) is 7.46. The van der Waals surface area contributed by atoms with Gasteiger partial charge in [-0.15, -0.1) is 0 Å². The summed E-state index contributed by atoms with van der Waals surface area (Å²) in [7, 11) is 1.61. The molecule has 3 rings (SSSR count). The molecule has 0 atom stereocenters. The van der Waals surface area contributed by atoms with Gasteiger partial charge < -0.3 is 10.1 Å². The minimum absolute atomic E-state index is 0.127. The van der Waals surface area contributed by atoms with Crippen molar-refractivity contribution < 1.29 is 9.53 Å². The summed E-state index contributed by atoms with van der Waals surface area (Å²) in [5.74, 6) is 1.54. The Hall–Kier alpha value is -3.02. The number of amides is 1. The third-order valence-electron chi connectivity index (χ3n) is 4.10. The number of fused-ring (bicyclic) bond motifs is 1. The first-order valence-corrected chi connectivity index (χ1v) is 8.50. The Labute approximate surface area is 152 Å². The zero-order valence-electron chi connectivity index (χ0n) is 15.6. The number of aryl methyl sites for hydroxylation is 1. The lowest BCUT2D eigenvalue weighted by atomic mass is 10.0. The maximum Gasteiger partial charge on any atom is 0.221 e. The highest BCUT2D eigenvalue weighted by atomic mass is 16.5. The molecule has 0 bridgehead atoms. The van der Waals surface area contributed by atoms with Crippen molar-refractivity contribution in [2.75, 3.05) is 12.4 Å². The number of carbonyl (C=O) groups is 1. The van der Waals surface area contributed by atoms with Crippen LogP contribution in [-0.4, -0.2) is 28.0 Å². The molecule has 2 aromatic heterocycles. The fraction of sp³-hybridized carbons (Fsp3) is 0.300. The average molecular weight is 350 g/mol. The molecule has 0 saturated heterocycles. The molecule has 26 heavy (non-hydrogen) atoms. The van der Waals surface area contributed by atoms with Crippen LogP contribution in [-0.2, 0) is 4.79 Å². The number of hydrogen-bond donors (Lipinski definition) is 1. The quantitative estimate of drug-likeness (QED) is 0.767. The highest BCUT2D eigenvalue weighted by Crippen LogP contribution is 2.35. The van der Waals surface area contributed by atoms with Crippen LogP contribution in [0.5, 0.6) is 5.75 Å². The van der Waals surface area contributed by atoms with E-state index in [0.717, 1.165) is 33.8 Å².